The van der Waals surface area contributed by atoms with Crippen molar-refractivity contribution in [2.75, 3.05) is 18.0 Å². The van der Waals surface area contributed by atoms with Crippen molar-refractivity contribution in [3.05, 3.63) is 65.5 Å². The highest BCUT2D eigenvalue weighted by Gasteiger charge is 2.21. The van der Waals surface area contributed by atoms with Crippen molar-refractivity contribution >= 4 is 5.69 Å². The zero-order valence-electron chi connectivity index (χ0n) is 11.7. The van der Waals surface area contributed by atoms with E-state index in [0.29, 0.717) is 17.8 Å². The van der Waals surface area contributed by atoms with Gasteiger partial charge in [-0.1, -0.05) is 12.1 Å². The number of hydrogen-bond acceptors (Lipinski definition) is 2. The van der Waals surface area contributed by atoms with Crippen molar-refractivity contribution in [3.8, 4) is 0 Å². The molecule has 2 aromatic carbocycles. The minimum absolute atomic E-state index is 0.116. The van der Waals surface area contributed by atoms with Crippen molar-refractivity contribution in [3.63, 3.8) is 0 Å². The van der Waals surface area contributed by atoms with E-state index >= 15 is 0 Å². The van der Waals surface area contributed by atoms with Crippen LogP contribution >= 0.6 is 0 Å². The fourth-order valence-corrected chi connectivity index (χ4v) is 2.45. The summed E-state index contributed by atoms with van der Waals surface area (Å²) in [6, 6.07) is 9.02. The highest BCUT2D eigenvalue weighted by Crippen LogP contribution is 2.29. The molecular formula is C16H17F3N2. The molecule has 21 heavy (non-hydrogen) atoms. The van der Waals surface area contributed by atoms with E-state index in [1.807, 2.05) is 6.92 Å². The third-order valence-corrected chi connectivity index (χ3v) is 3.37. The molecule has 2 rings (SSSR count). The van der Waals surface area contributed by atoms with E-state index in [0.717, 1.165) is 6.07 Å². The normalized spacial score (nSPS) is 12.2. The Labute approximate surface area is 122 Å². The Morgan fingerprint density at radius 2 is 1.67 bits per heavy atom. The molecule has 2 aromatic rings. The Hall–Kier alpha value is -2.01. The maximum atomic E-state index is 14.0. The summed E-state index contributed by atoms with van der Waals surface area (Å²) in [5, 5.41) is 0. The van der Waals surface area contributed by atoms with Crippen LogP contribution in [0.25, 0.3) is 0 Å². The second-order valence-corrected chi connectivity index (χ2v) is 4.69. The molecule has 1 unspecified atom stereocenters. The van der Waals surface area contributed by atoms with Gasteiger partial charge in [0.25, 0.3) is 0 Å². The molecule has 0 fully saturated rings. The van der Waals surface area contributed by atoms with Crippen LogP contribution in [-0.4, -0.2) is 13.1 Å². The summed E-state index contributed by atoms with van der Waals surface area (Å²) in [6.45, 7) is 2.41. The third kappa shape index (κ3) is 3.36. The molecule has 0 saturated heterocycles. The molecule has 0 aliphatic heterocycles. The van der Waals surface area contributed by atoms with E-state index in [2.05, 4.69) is 0 Å². The third-order valence-electron chi connectivity index (χ3n) is 3.37. The molecule has 0 amide bonds. The number of nitrogens with two attached hydrogens (primary N) is 1. The maximum Gasteiger partial charge on any atom is 0.146 e. The molecule has 0 aliphatic rings. The summed E-state index contributed by atoms with van der Waals surface area (Å²) < 4.78 is 40.8. The average molecular weight is 294 g/mol. The molecule has 5 heteroatoms. The molecular weight excluding hydrogens is 277 g/mol. The van der Waals surface area contributed by atoms with Crippen molar-refractivity contribution < 1.29 is 13.2 Å². The largest absolute Gasteiger partial charge is 0.361 e. The highest BCUT2D eigenvalue weighted by molar-refractivity contribution is 5.50. The number of anilines is 1. The first-order chi connectivity index (χ1) is 10.1. The van der Waals surface area contributed by atoms with Crippen LogP contribution in [0.5, 0.6) is 0 Å². The Morgan fingerprint density at radius 3 is 2.19 bits per heavy atom. The lowest BCUT2D eigenvalue weighted by atomic mass is 10.0. The molecule has 0 bridgehead atoms. The first kappa shape index (κ1) is 15.4. The molecule has 112 valence electrons. The number of halogens is 3. The van der Waals surface area contributed by atoms with Gasteiger partial charge < -0.3 is 10.6 Å². The van der Waals surface area contributed by atoms with E-state index in [1.54, 1.807) is 23.1 Å². The van der Waals surface area contributed by atoms with Crippen LogP contribution in [0.4, 0.5) is 18.9 Å². The molecule has 0 aromatic heterocycles. The zero-order valence-corrected chi connectivity index (χ0v) is 11.7. The summed E-state index contributed by atoms with van der Waals surface area (Å²) >= 11 is 0. The minimum Gasteiger partial charge on any atom is -0.361 e. The maximum absolute atomic E-state index is 14.0. The van der Waals surface area contributed by atoms with E-state index in [-0.39, 0.29) is 6.54 Å². The summed E-state index contributed by atoms with van der Waals surface area (Å²) in [6.07, 6.45) is 0. The monoisotopic (exact) mass is 294 g/mol. The molecule has 0 heterocycles. The number of nitrogens with zero attached hydrogens (tertiary/aromatic N) is 1. The van der Waals surface area contributed by atoms with Gasteiger partial charge in [0.05, 0.1) is 11.7 Å². The molecule has 0 radical (unpaired) electrons. The molecule has 0 aliphatic carbocycles. The molecule has 1 atom stereocenters. The van der Waals surface area contributed by atoms with Crippen LogP contribution in [-0.2, 0) is 0 Å². The second-order valence-electron chi connectivity index (χ2n) is 4.69. The Kier molecular flexibility index (Phi) is 4.85. The van der Waals surface area contributed by atoms with Crippen molar-refractivity contribution in [2.24, 2.45) is 5.73 Å². The summed E-state index contributed by atoms with van der Waals surface area (Å²) in [5.41, 5.74) is 6.51. The van der Waals surface area contributed by atoms with Crippen LogP contribution in [0.1, 0.15) is 18.5 Å². The highest BCUT2D eigenvalue weighted by atomic mass is 19.1. The van der Waals surface area contributed by atoms with E-state index in [4.69, 9.17) is 5.73 Å². The number of hydrogen-bond donors (Lipinski definition) is 1. The van der Waals surface area contributed by atoms with E-state index in [1.165, 1.54) is 18.2 Å². The van der Waals surface area contributed by atoms with Crippen molar-refractivity contribution in [1.29, 1.82) is 0 Å². The standard InChI is InChI=1S/C16H17F3N2/c1-2-21(15-6-4-3-5-14(15)19)16(10-20)11-7-12(17)9-13(18)8-11/h3-9,16H,2,10,20H2,1H3. The van der Waals surface area contributed by atoms with Crippen LogP contribution < -0.4 is 10.6 Å². The first-order valence-corrected chi connectivity index (χ1v) is 6.74. The number of likely N-dealkylation sites (N-methyl/N-ethyl adjacent to an activating group) is 1. The van der Waals surface area contributed by atoms with Gasteiger partial charge in [0, 0.05) is 19.2 Å². The van der Waals surface area contributed by atoms with Gasteiger partial charge in [-0.05, 0) is 36.8 Å². The number of para-hydroxylation sites is 1. The lowest BCUT2D eigenvalue weighted by Crippen LogP contribution is -2.34. The fraction of sp³-hybridized carbons (Fsp3) is 0.250. The quantitative estimate of drug-likeness (QED) is 0.912. The van der Waals surface area contributed by atoms with Crippen molar-refractivity contribution in [1.82, 2.24) is 0 Å². The van der Waals surface area contributed by atoms with Crippen LogP contribution in [0, 0.1) is 17.5 Å². The van der Waals surface area contributed by atoms with Crippen LogP contribution in [0.3, 0.4) is 0 Å². The molecule has 0 saturated carbocycles. The van der Waals surface area contributed by atoms with Crippen LogP contribution in [0.15, 0.2) is 42.5 Å². The summed E-state index contributed by atoms with van der Waals surface area (Å²) in [5.74, 6) is -1.74. The molecule has 2 nitrogen and oxygen atoms in total. The average Bonchev–Trinajstić information content (AvgIpc) is 2.44. The predicted octanol–water partition coefficient (Wildman–Crippen LogP) is 3.63. The van der Waals surface area contributed by atoms with Gasteiger partial charge >= 0.3 is 0 Å². The van der Waals surface area contributed by atoms with Crippen LogP contribution in [0.2, 0.25) is 0 Å². The van der Waals surface area contributed by atoms with E-state index in [9.17, 15) is 13.2 Å². The SMILES string of the molecule is CCN(c1ccccc1F)C(CN)c1cc(F)cc(F)c1. The Morgan fingerprint density at radius 1 is 1.05 bits per heavy atom. The van der Waals surface area contributed by atoms with Gasteiger partial charge in [-0.3, -0.25) is 0 Å². The topological polar surface area (TPSA) is 29.3 Å². The van der Waals surface area contributed by atoms with Gasteiger partial charge in [0.1, 0.15) is 17.5 Å². The fourth-order valence-electron chi connectivity index (χ4n) is 2.45. The molecule has 0 spiro atoms. The Bertz CT molecular complexity index is 596. The van der Waals surface area contributed by atoms with Gasteiger partial charge in [-0.25, -0.2) is 13.2 Å². The minimum atomic E-state index is -0.673. The zero-order chi connectivity index (χ0) is 15.4. The first-order valence-electron chi connectivity index (χ1n) is 6.74. The lowest BCUT2D eigenvalue weighted by molar-refractivity contribution is 0.560. The number of benzene rings is 2. The van der Waals surface area contributed by atoms with Gasteiger partial charge in [-0.15, -0.1) is 0 Å². The van der Waals surface area contributed by atoms with Gasteiger partial charge in [0.15, 0.2) is 0 Å². The summed E-state index contributed by atoms with van der Waals surface area (Å²) in [7, 11) is 0. The lowest BCUT2D eigenvalue weighted by Gasteiger charge is -2.32. The second kappa shape index (κ2) is 6.63. The summed E-state index contributed by atoms with van der Waals surface area (Å²) in [4.78, 5) is 1.70. The Balaban J connectivity index is 2.45. The van der Waals surface area contributed by atoms with Gasteiger partial charge in [0.2, 0.25) is 0 Å². The number of rotatable bonds is 5. The van der Waals surface area contributed by atoms with Gasteiger partial charge in [-0.2, -0.15) is 0 Å². The molecule has 2 N–H and O–H groups in total. The predicted molar refractivity (Wildman–Crippen MR) is 77.6 cm³/mol. The smallest absolute Gasteiger partial charge is 0.146 e. The van der Waals surface area contributed by atoms with E-state index < -0.39 is 23.5 Å². The van der Waals surface area contributed by atoms with Crippen molar-refractivity contribution in [2.45, 2.75) is 13.0 Å².